The number of piperazine rings is 1. The zero-order chi connectivity index (χ0) is 43.2. The van der Waals surface area contributed by atoms with E-state index in [1.54, 1.807) is 32.9 Å². The molecule has 2 fully saturated rings. The predicted molar refractivity (Wildman–Crippen MR) is 217 cm³/mol. The molecule has 0 bridgehead atoms. The van der Waals surface area contributed by atoms with Crippen LogP contribution in [-0.2, 0) is 14.3 Å². The van der Waals surface area contributed by atoms with Crippen LogP contribution in [0.2, 0.25) is 0 Å². The van der Waals surface area contributed by atoms with E-state index in [0.717, 1.165) is 49.8 Å². The highest BCUT2D eigenvalue weighted by Gasteiger charge is 2.54. The molecule has 59 heavy (non-hydrogen) atoms. The van der Waals surface area contributed by atoms with Crippen LogP contribution in [0, 0.1) is 11.6 Å². The highest BCUT2D eigenvalue weighted by atomic mass is 19.1. The van der Waals surface area contributed by atoms with Crippen molar-refractivity contribution in [1.29, 1.82) is 0 Å². The van der Waals surface area contributed by atoms with E-state index in [4.69, 9.17) is 23.4 Å². The number of halogens is 2. The van der Waals surface area contributed by atoms with E-state index < -0.39 is 63.4 Å². The number of carbonyl (C=O) groups is 4. The van der Waals surface area contributed by atoms with E-state index in [0.29, 0.717) is 31.0 Å². The number of hydrogen-bond donors (Lipinski definition) is 2. The van der Waals surface area contributed by atoms with Gasteiger partial charge in [-0.25, -0.2) is 23.4 Å². The summed E-state index contributed by atoms with van der Waals surface area (Å²) in [4.78, 5) is 62.7. The molecule has 1 aliphatic carbocycles. The van der Waals surface area contributed by atoms with Gasteiger partial charge in [-0.05, 0) is 84.7 Å². The molecule has 0 atom stereocenters. The Morgan fingerprint density at radius 1 is 0.932 bits per heavy atom. The van der Waals surface area contributed by atoms with Crippen LogP contribution in [0.25, 0.3) is 11.0 Å². The fourth-order valence-corrected chi connectivity index (χ4v) is 6.80. The number of carbonyl (C=O) groups excluding carboxylic acids is 4. The van der Waals surface area contributed by atoms with E-state index in [1.807, 2.05) is 31.7 Å². The van der Waals surface area contributed by atoms with Crippen LogP contribution >= 0.6 is 0 Å². The third-order valence-corrected chi connectivity index (χ3v) is 9.73. The minimum atomic E-state index is -1.31. The first kappa shape index (κ1) is 42.2. The van der Waals surface area contributed by atoms with Gasteiger partial charge in [0.1, 0.15) is 28.3 Å². The highest BCUT2D eigenvalue weighted by Crippen LogP contribution is 2.46. The molecule has 2 aromatic heterocycles. The molecule has 3 heterocycles. The second kappa shape index (κ2) is 15.8. The summed E-state index contributed by atoms with van der Waals surface area (Å²) in [6, 6.07) is 7.85. The van der Waals surface area contributed by atoms with Crippen LogP contribution in [0.3, 0.4) is 0 Å². The van der Waals surface area contributed by atoms with Gasteiger partial charge in [-0.3, -0.25) is 19.4 Å². The minimum absolute atomic E-state index is 0.00459. The summed E-state index contributed by atoms with van der Waals surface area (Å²) < 4.78 is 58.5. The van der Waals surface area contributed by atoms with Crippen molar-refractivity contribution in [2.24, 2.45) is 0 Å². The summed E-state index contributed by atoms with van der Waals surface area (Å²) in [7, 11) is 3.61. The number of pyridine rings is 1. The quantitative estimate of drug-likeness (QED) is 0.117. The number of aromatic nitrogens is 1. The average Bonchev–Trinajstić information content (AvgIpc) is 3.81. The molecule has 2 aliphatic rings. The van der Waals surface area contributed by atoms with Gasteiger partial charge in [0.25, 0.3) is 0 Å². The second-order valence-electron chi connectivity index (χ2n) is 16.3. The van der Waals surface area contributed by atoms with Gasteiger partial charge in [0.2, 0.25) is 11.7 Å². The topological polar surface area (TPSA) is 165 Å². The van der Waals surface area contributed by atoms with Crippen molar-refractivity contribution in [2.75, 3.05) is 61.3 Å². The molecule has 6 rings (SSSR count). The van der Waals surface area contributed by atoms with Gasteiger partial charge in [-0.15, -0.1) is 0 Å². The molecule has 0 unspecified atom stereocenters. The summed E-state index contributed by atoms with van der Waals surface area (Å²) in [6.45, 7) is 15.6. The average molecular weight is 819 g/mol. The summed E-state index contributed by atoms with van der Waals surface area (Å²) in [5.74, 6) is -5.68. The molecule has 4 aromatic rings. The Balaban J connectivity index is 1.38. The van der Waals surface area contributed by atoms with Crippen molar-refractivity contribution in [3.05, 3.63) is 72.1 Å². The first-order chi connectivity index (χ1) is 27.7. The van der Waals surface area contributed by atoms with Crippen molar-refractivity contribution in [3.8, 4) is 11.5 Å². The van der Waals surface area contributed by atoms with Crippen LogP contribution < -0.4 is 29.9 Å². The predicted octanol–water partition coefficient (Wildman–Crippen LogP) is 8.18. The molecule has 2 aromatic carbocycles. The first-order valence-corrected chi connectivity index (χ1v) is 18.8. The number of rotatable bonds is 10. The number of nitrogens with zero attached hydrogens (tertiary/aromatic N) is 4. The minimum Gasteiger partial charge on any atom is -0.494 e. The maximum atomic E-state index is 15.6. The van der Waals surface area contributed by atoms with E-state index in [1.165, 1.54) is 19.3 Å². The fraction of sp³-hybridized carbons (Fsp3) is 0.405. The molecule has 17 heteroatoms. The van der Waals surface area contributed by atoms with Crippen LogP contribution in [0.15, 0.2) is 53.6 Å². The van der Waals surface area contributed by atoms with Crippen LogP contribution in [-0.4, -0.2) is 91.4 Å². The van der Waals surface area contributed by atoms with Gasteiger partial charge in [-0.2, -0.15) is 0 Å². The standard InChI is InChI=1S/C42H48F2N6O9/c1-11-31(51)47-26-18-23(49-16-17-50(42(22-49)14-15-42)39(54)59-41(5,6)7)12-13-25(26)46-30-19-24-29(21-45-30)57-37(35(24)48(8)38(53)58-40(2,3)4)36(52)32-33(43)27(55-9)20-28(56-10)34(32)44/h11-13,18-21H,1,14-17,22H2,2-10H3,(H,45,46)(H,47,51). The van der Waals surface area contributed by atoms with Crippen molar-refractivity contribution in [1.82, 2.24) is 9.88 Å². The second-order valence-corrected chi connectivity index (χ2v) is 16.3. The number of fused-ring (bicyclic) bond motifs is 1. The Labute approximate surface area is 340 Å². The number of anilines is 5. The van der Waals surface area contributed by atoms with Crippen molar-refractivity contribution in [3.63, 3.8) is 0 Å². The Morgan fingerprint density at radius 2 is 1.58 bits per heavy atom. The molecular weight excluding hydrogens is 770 g/mol. The Kier molecular flexibility index (Phi) is 11.3. The molecule has 0 radical (unpaired) electrons. The van der Waals surface area contributed by atoms with E-state index in [-0.39, 0.29) is 34.1 Å². The van der Waals surface area contributed by atoms with Gasteiger partial charge in [0.05, 0.1) is 42.7 Å². The van der Waals surface area contributed by atoms with Gasteiger partial charge in [0, 0.05) is 38.4 Å². The van der Waals surface area contributed by atoms with Gasteiger partial charge in [-0.1, -0.05) is 6.58 Å². The number of ether oxygens (including phenoxy) is 4. The number of furan rings is 1. The van der Waals surface area contributed by atoms with E-state index in [2.05, 4.69) is 27.1 Å². The summed E-state index contributed by atoms with van der Waals surface area (Å²) in [5.41, 5.74) is -1.55. The van der Waals surface area contributed by atoms with E-state index >= 15 is 8.78 Å². The maximum absolute atomic E-state index is 15.6. The first-order valence-electron chi connectivity index (χ1n) is 18.8. The molecule has 314 valence electrons. The number of hydrogen-bond acceptors (Lipinski definition) is 12. The molecular formula is C42H48F2N6O9. The Morgan fingerprint density at radius 3 is 2.15 bits per heavy atom. The summed E-state index contributed by atoms with van der Waals surface area (Å²) >= 11 is 0. The van der Waals surface area contributed by atoms with E-state index in [9.17, 15) is 19.2 Å². The van der Waals surface area contributed by atoms with Crippen molar-refractivity contribution >= 4 is 63.4 Å². The van der Waals surface area contributed by atoms with Gasteiger partial charge < -0.3 is 38.9 Å². The van der Waals surface area contributed by atoms with Crippen LogP contribution in [0.5, 0.6) is 11.5 Å². The van der Waals surface area contributed by atoms with Crippen LogP contribution in [0.1, 0.15) is 70.5 Å². The molecule has 3 amide bonds. The van der Waals surface area contributed by atoms with Crippen LogP contribution in [0.4, 0.5) is 46.9 Å². The SMILES string of the molecule is C=CC(=O)Nc1cc(N2CCN(C(=O)OC(C)(C)C)C3(CC3)C2)ccc1Nc1cc2c(N(C)C(=O)OC(C)(C)C)c(C(=O)c3c(F)c(OC)cc(OC)c3F)oc2cn1. The normalized spacial score (nSPS) is 14.8. The molecule has 2 N–H and O–H groups in total. The zero-order valence-corrected chi connectivity index (χ0v) is 34.5. The largest absolute Gasteiger partial charge is 0.494 e. The lowest BCUT2D eigenvalue weighted by Crippen LogP contribution is -2.58. The molecule has 1 aliphatic heterocycles. The lowest BCUT2D eigenvalue weighted by atomic mass is 10.0. The number of benzene rings is 2. The Hall–Kier alpha value is -6.39. The lowest BCUT2D eigenvalue weighted by molar-refractivity contribution is -0.111. The van der Waals surface area contributed by atoms with Crippen molar-refractivity contribution in [2.45, 2.75) is 71.1 Å². The third kappa shape index (κ3) is 8.73. The summed E-state index contributed by atoms with van der Waals surface area (Å²) in [6.07, 6.45) is 2.84. The van der Waals surface area contributed by atoms with Crippen molar-refractivity contribution < 1.29 is 51.3 Å². The zero-order valence-electron chi connectivity index (χ0n) is 34.5. The maximum Gasteiger partial charge on any atom is 0.414 e. The monoisotopic (exact) mass is 818 g/mol. The third-order valence-electron chi connectivity index (χ3n) is 9.73. The lowest BCUT2D eigenvalue weighted by Gasteiger charge is -2.43. The molecule has 15 nitrogen and oxygen atoms in total. The molecule has 1 spiro atoms. The Bertz CT molecular complexity index is 2320. The summed E-state index contributed by atoms with van der Waals surface area (Å²) in [5, 5.41) is 6.18. The number of ketones is 1. The van der Waals surface area contributed by atoms with Gasteiger partial charge >= 0.3 is 12.2 Å². The highest BCUT2D eigenvalue weighted by molar-refractivity contribution is 6.18. The number of methoxy groups -OCH3 is 2. The number of nitrogens with one attached hydrogen (secondary N) is 2. The molecule has 1 saturated heterocycles. The van der Waals surface area contributed by atoms with Gasteiger partial charge in [0.15, 0.2) is 34.5 Å². The smallest absolute Gasteiger partial charge is 0.414 e. The fourth-order valence-electron chi connectivity index (χ4n) is 6.80. The molecule has 1 saturated carbocycles. The number of amides is 3.